The number of hydrogen-bond acceptors (Lipinski definition) is 2. The van der Waals surface area contributed by atoms with Crippen LogP contribution in [0.2, 0.25) is 0 Å². The smallest absolute Gasteiger partial charge is 0.00457 e. The van der Waals surface area contributed by atoms with Gasteiger partial charge >= 0.3 is 0 Å². The van der Waals surface area contributed by atoms with E-state index < -0.39 is 0 Å². The van der Waals surface area contributed by atoms with E-state index in [1.807, 2.05) is 12.2 Å². The summed E-state index contributed by atoms with van der Waals surface area (Å²) in [5, 5.41) is 3.57. The van der Waals surface area contributed by atoms with Gasteiger partial charge in [-0.05, 0) is 50.0 Å². The lowest BCUT2D eigenvalue weighted by Crippen LogP contribution is -2.20. The van der Waals surface area contributed by atoms with Crippen LogP contribution in [0.1, 0.15) is 51.4 Å². The van der Waals surface area contributed by atoms with Crippen molar-refractivity contribution in [1.29, 1.82) is 0 Å². The van der Waals surface area contributed by atoms with Gasteiger partial charge in [-0.1, -0.05) is 70.1 Å². The fraction of sp³-hybridized carbons (Fsp3) is 0.579. The van der Waals surface area contributed by atoms with E-state index in [1.54, 1.807) is 0 Å². The van der Waals surface area contributed by atoms with Crippen LogP contribution in [0.15, 0.2) is 49.7 Å². The maximum atomic E-state index is 4.61. The Kier molecular flexibility index (Phi) is 14.2. The van der Waals surface area contributed by atoms with Crippen molar-refractivity contribution in [2.24, 2.45) is 11.7 Å². The molecule has 0 unspecified atom stereocenters. The Morgan fingerprint density at radius 2 is 1.76 bits per heavy atom. The van der Waals surface area contributed by atoms with Crippen molar-refractivity contribution in [3.63, 3.8) is 0 Å². The number of rotatable bonds is 9. The van der Waals surface area contributed by atoms with E-state index in [4.69, 9.17) is 0 Å². The van der Waals surface area contributed by atoms with Gasteiger partial charge in [0, 0.05) is 0 Å². The average molecular weight is 290 g/mol. The fourth-order valence-electron chi connectivity index (χ4n) is 2.73. The second-order valence-corrected chi connectivity index (χ2v) is 5.56. The maximum Gasteiger partial charge on any atom is -0.00457 e. The lowest BCUT2D eigenvalue weighted by Gasteiger charge is -2.21. The zero-order valence-corrected chi connectivity index (χ0v) is 13.7. The third kappa shape index (κ3) is 12.2. The molecule has 0 bridgehead atoms. The van der Waals surface area contributed by atoms with Crippen LogP contribution in [0.5, 0.6) is 0 Å². The van der Waals surface area contributed by atoms with Crippen molar-refractivity contribution < 1.29 is 0 Å². The van der Waals surface area contributed by atoms with Gasteiger partial charge in [0.2, 0.25) is 0 Å². The summed E-state index contributed by atoms with van der Waals surface area (Å²) in [5.74, 6) is 0.996. The van der Waals surface area contributed by atoms with Gasteiger partial charge in [0.05, 0.1) is 0 Å². The molecule has 1 fully saturated rings. The largest absolute Gasteiger partial charge is 0.405 e. The molecule has 21 heavy (non-hydrogen) atoms. The molecule has 3 N–H and O–H groups in total. The molecule has 2 nitrogen and oxygen atoms in total. The van der Waals surface area contributed by atoms with Gasteiger partial charge in [-0.3, -0.25) is 0 Å². The van der Waals surface area contributed by atoms with Crippen molar-refractivity contribution >= 4 is 0 Å². The summed E-state index contributed by atoms with van der Waals surface area (Å²) in [6.07, 6.45) is 18.0. The highest BCUT2D eigenvalue weighted by Gasteiger charge is 2.12. The van der Waals surface area contributed by atoms with Crippen LogP contribution in [0.25, 0.3) is 0 Å². The third-order valence-corrected chi connectivity index (χ3v) is 3.87. The van der Waals surface area contributed by atoms with Crippen LogP contribution in [-0.4, -0.2) is 13.1 Å². The Bertz CT molecular complexity index is 299. The lowest BCUT2D eigenvalue weighted by molar-refractivity contribution is 0.334. The zero-order valence-electron chi connectivity index (χ0n) is 13.7. The SMILES string of the molecule is C=C/C=C(\C=C)CCCNCCC1CCCCC1.C=CN. The quantitative estimate of drug-likeness (QED) is 0.476. The standard InChI is InChI=1S/C17H29N.C2H5N/c1-3-9-16(4-2)12-8-14-18-15-13-17-10-6-5-7-11-17;1-2-3/h3-4,9,17-18H,1-2,5-8,10-15H2;2H,1,3H2/b16-9+;. The average Bonchev–Trinajstić information content (AvgIpc) is 2.51. The first-order valence-electron chi connectivity index (χ1n) is 8.25. The molecule has 0 spiro atoms. The van der Waals surface area contributed by atoms with Gasteiger partial charge in [-0.15, -0.1) is 0 Å². The van der Waals surface area contributed by atoms with Gasteiger partial charge in [-0.25, -0.2) is 0 Å². The van der Waals surface area contributed by atoms with E-state index in [9.17, 15) is 0 Å². The molecule has 1 aliphatic carbocycles. The number of nitrogens with two attached hydrogens (primary N) is 1. The zero-order chi connectivity index (χ0) is 15.8. The minimum atomic E-state index is 0.996. The molecule has 0 aromatic rings. The molecule has 0 aromatic carbocycles. The van der Waals surface area contributed by atoms with Gasteiger partial charge in [0.1, 0.15) is 0 Å². The molecule has 0 heterocycles. The van der Waals surface area contributed by atoms with E-state index in [0.717, 1.165) is 18.9 Å². The number of allylic oxidation sites excluding steroid dienone is 4. The second-order valence-electron chi connectivity index (χ2n) is 5.56. The van der Waals surface area contributed by atoms with Gasteiger partial charge in [0.15, 0.2) is 0 Å². The molecule has 0 atom stereocenters. The van der Waals surface area contributed by atoms with E-state index in [-0.39, 0.29) is 0 Å². The van der Waals surface area contributed by atoms with E-state index >= 15 is 0 Å². The summed E-state index contributed by atoms with van der Waals surface area (Å²) in [6, 6.07) is 0. The highest BCUT2D eigenvalue weighted by atomic mass is 14.8. The number of hydrogen-bond donors (Lipinski definition) is 2. The highest BCUT2D eigenvalue weighted by molar-refractivity contribution is 5.20. The Labute approximate surface area is 131 Å². The molecule has 1 rings (SSSR count). The first kappa shape index (κ1) is 19.7. The monoisotopic (exact) mass is 290 g/mol. The summed E-state index contributed by atoms with van der Waals surface area (Å²) in [4.78, 5) is 0. The molecular formula is C19H34N2. The van der Waals surface area contributed by atoms with Crippen molar-refractivity contribution in [3.05, 3.63) is 49.7 Å². The second kappa shape index (κ2) is 15.1. The van der Waals surface area contributed by atoms with Crippen LogP contribution in [0, 0.1) is 5.92 Å². The molecule has 0 amide bonds. The fourth-order valence-corrected chi connectivity index (χ4v) is 2.73. The van der Waals surface area contributed by atoms with Gasteiger partial charge in [0.25, 0.3) is 0 Å². The third-order valence-electron chi connectivity index (χ3n) is 3.87. The summed E-state index contributed by atoms with van der Waals surface area (Å²) < 4.78 is 0. The maximum absolute atomic E-state index is 4.61. The van der Waals surface area contributed by atoms with Crippen LogP contribution < -0.4 is 11.1 Å². The number of nitrogens with one attached hydrogen (secondary N) is 1. The minimum Gasteiger partial charge on any atom is -0.405 e. The minimum absolute atomic E-state index is 0.996. The van der Waals surface area contributed by atoms with Crippen molar-refractivity contribution in [2.75, 3.05) is 13.1 Å². The summed E-state index contributed by atoms with van der Waals surface area (Å²) in [5.41, 5.74) is 5.90. The Hall–Kier alpha value is -1.28. The van der Waals surface area contributed by atoms with Gasteiger partial charge in [-0.2, -0.15) is 0 Å². The molecule has 0 aromatic heterocycles. The molecule has 1 saturated carbocycles. The lowest BCUT2D eigenvalue weighted by atomic mass is 9.87. The molecule has 0 aliphatic heterocycles. The van der Waals surface area contributed by atoms with Crippen molar-refractivity contribution in [2.45, 2.75) is 51.4 Å². The van der Waals surface area contributed by atoms with E-state index in [2.05, 4.69) is 36.9 Å². The normalized spacial score (nSPS) is 15.7. The predicted molar refractivity (Wildman–Crippen MR) is 96.2 cm³/mol. The van der Waals surface area contributed by atoms with Crippen LogP contribution in [-0.2, 0) is 0 Å². The van der Waals surface area contributed by atoms with Crippen LogP contribution in [0.4, 0.5) is 0 Å². The molecule has 2 heteroatoms. The first-order chi connectivity index (χ1) is 10.3. The summed E-state index contributed by atoms with van der Waals surface area (Å²) in [7, 11) is 0. The molecule has 1 aliphatic rings. The van der Waals surface area contributed by atoms with E-state index in [1.165, 1.54) is 63.3 Å². The summed E-state index contributed by atoms with van der Waals surface area (Å²) in [6.45, 7) is 13.0. The summed E-state index contributed by atoms with van der Waals surface area (Å²) >= 11 is 0. The van der Waals surface area contributed by atoms with Crippen LogP contribution >= 0.6 is 0 Å². The Morgan fingerprint density at radius 1 is 1.10 bits per heavy atom. The molecule has 120 valence electrons. The highest BCUT2D eigenvalue weighted by Crippen LogP contribution is 2.25. The van der Waals surface area contributed by atoms with Crippen molar-refractivity contribution in [3.8, 4) is 0 Å². The van der Waals surface area contributed by atoms with Gasteiger partial charge < -0.3 is 11.1 Å². The molecule has 0 saturated heterocycles. The first-order valence-corrected chi connectivity index (χ1v) is 8.25. The Balaban J connectivity index is 0.00000122. The van der Waals surface area contributed by atoms with Crippen molar-refractivity contribution in [1.82, 2.24) is 5.32 Å². The van der Waals surface area contributed by atoms with Crippen LogP contribution in [0.3, 0.4) is 0 Å². The predicted octanol–water partition coefficient (Wildman–Crippen LogP) is 4.71. The Morgan fingerprint density at radius 3 is 2.33 bits per heavy atom. The molecule has 0 radical (unpaired) electrons. The molecular weight excluding hydrogens is 256 g/mol. The topological polar surface area (TPSA) is 38.0 Å². The van der Waals surface area contributed by atoms with E-state index in [0.29, 0.717) is 0 Å².